The molecule has 1 aromatic carbocycles. The van der Waals surface area contributed by atoms with Gasteiger partial charge in [-0.25, -0.2) is 14.8 Å². The largest absolute Gasteiger partial charge is 0.394 e. The number of rotatable bonds is 5. The second-order valence-electron chi connectivity index (χ2n) is 8.22. The predicted octanol–water partition coefficient (Wildman–Crippen LogP) is 3.56. The summed E-state index contributed by atoms with van der Waals surface area (Å²) in [6, 6.07) is 5.13. The number of aliphatic hydroxyl groups excluding tert-OH is 1. The molecule has 3 atom stereocenters. The van der Waals surface area contributed by atoms with Crippen molar-refractivity contribution in [3.63, 3.8) is 0 Å². The molecule has 1 aromatic heterocycles. The molecule has 0 bridgehead atoms. The number of aliphatic hydroxyl groups is 1. The molecular weight excluding hydrogens is 453 g/mol. The fourth-order valence-electron chi connectivity index (χ4n) is 4.01. The van der Waals surface area contributed by atoms with Crippen LogP contribution in [0.5, 0.6) is 0 Å². The third-order valence-corrected chi connectivity index (χ3v) is 6.66. The molecule has 4 rings (SSSR count). The lowest BCUT2D eigenvalue weighted by molar-refractivity contribution is -0.0213. The zero-order valence-electron chi connectivity index (χ0n) is 17.9. The van der Waals surface area contributed by atoms with E-state index in [4.69, 9.17) is 27.9 Å². The van der Waals surface area contributed by atoms with Gasteiger partial charge in [0.1, 0.15) is 0 Å². The Balaban J connectivity index is 1.38. The summed E-state index contributed by atoms with van der Waals surface area (Å²) in [5.74, 6) is 0.541. The van der Waals surface area contributed by atoms with E-state index in [1.165, 1.54) is 0 Å². The van der Waals surface area contributed by atoms with E-state index in [-0.39, 0.29) is 30.8 Å². The summed E-state index contributed by atoms with van der Waals surface area (Å²) in [5, 5.41) is 16.7. The summed E-state index contributed by atoms with van der Waals surface area (Å²) in [6.07, 6.45) is 3.92. The maximum atomic E-state index is 12.9. The Kier molecular flexibility index (Phi) is 7.35. The summed E-state index contributed by atoms with van der Waals surface area (Å²) in [6.45, 7) is 3.53. The number of fused-ring (bicyclic) bond motifs is 1. The highest BCUT2D eigenvalue weighted by molar-refractivity contribution is 6.42. The normalized spacial score (nSPS) is 21.6. The van der Waals surface area contributed by atoms with Crippen LogP contribution in [0.3, 0.4) is 0 Å². The van der Waals surface area contributed by atoms with Gasteiger partial charge in [0.25, 0.3) is 0 Å². The fraction of sp³-hybridized carbons (Fsp3) is 0.500. The van der Waals surface area contributed by atoms with Crippen molar-refractivity contribution in [2.24, 2.45) is 0 Å². The van der Waals surface area contributed by atoms with Crippen molar-refractivity contribution >= 4 is 35.2 Å². The second-order valence-corrected chi connectivity index (χ2v) is 9.04. The number of amides is 2. The van der Waals surface area contributed by atoms with E-state index >= 15 is 0 Å². The number of carbonyl (C=O) groups excluding carboxylic acids is 1. The van der Waals surface area contributed by atoms with Crippen molar-refractivity contribution in [3.05, 3.63) is 51.3 Å². The first kappa shape index (κ1) is 23.0. The molecule has 8 nitrogen and oxygen atoms in total. The Morgan fingerprint density at radius 1 is 1.38 bits per heavy atom. The minimum absolute atomic E-state index is 0.00788. The number of halogens is 2. The van der Waals surface area contributed by atoms with E-state index in [9.17, 15) is 9.90 Å². The molecule has 10 heteroatoms. The van der Waals surface area contributed by atoms with Crippen molar-refractivity contribution in [1.82, 2.24) is 20.2 Å². The Morgan fingerprint density at radius 3 is 3.00 bits per heavy atom. The molecular formula is C22H27Cl2N5O3. The van der Waals surface area contributed by atoms with E-state index in [1.54, 1.807) is 17.0 Å². The number of hydrogen-bond acceptors (Lipinski definition) is 6. The summed E-state index contributed by atoms with van der Waals surface area (Å²) >= 11 is 12.1. The van der Waals surface area contributed by atoms with Crippen molar-refractivity contribution < 1.29 is 14.6 Å². The zero-order valence-corrected chi connectivity index (χ0v) is 19.4. The minimum Gasteiger partial charge on any atom is -0.394 e. The molecule has 0 spiro atoms. The number of benzene rings is 1. The molecule has 32 heavy (non-hydrogen) atoms. The fourth-order valence-corrected chi connectivity index (χ4v) is 4.32. The standard InChI is InChI=1S/C22H27Cl2N5O3/c1-13(14-2-3-18(23)19(24)8-14)26-22(31)29-6-4-15-10-25-21(28-20(15)11-29)27-16-5-7-32-17(9-16)12-30/h2-3,8,10,13,16-17,30H,4-7,9,11-12H2,1H3,(H,26,31)(H,25,27,28)/t13-,16+,17+/m1/s1. The minimum atomic E-state index is -0.214. The molecule has 1 saturated heterocycles. The van der Waals surface area contributed by atoms with Gasteiger partial charge >= 0.3 is 6.03 Å². The van der Waals surface area contributed by atoms with E-state index in [1.807, 2.05) is 19.2 Å². The smallest absolute Gasteiger partial charge is 0.318 e. The van der Waals surface area contributed by atoms with Crippen LogP contribution in [0.2, 0.25) is 10.0 Å². The third-order valence-electron chi connectivity index (χ3n) is 5.92. The summed E-state index contributed by atoms with van der Waals surface area (Å²) < 4.78 is 5.51. The quantitative estimate of drug-likeness (QED) is 0.605. The molecule has 3 heterocycles. The topological polar surface area (TPSA) is 99.6 Å². The molecule has 3 N–H and O–H groups in total. The lowest BCUT2D eigenvalue weighted by Crippen LogP contribution is -2.44. The van der Waals surface area contributed by atoms with Crippen LogP contribution in [-0.2, 0) is 17.7 Å². The van der Waals surface area contributed by atoms with Crippen molar-refractivity contribution in [2.75, 3.05) is 25.1 Å². The summed E-state index contributed by atoms with van der Waals surface area (Å²) in [7, 11) is 0. The van der Waals surface area contributed by atoms with Gasteiger partial charge in [-0.2, -0.15) is 0 Å². The number of hydrogen-bond donors (Lipinski definition) is 3. The molecule has 0 aliphatic carbocycles. The average molecular weight is 480 g/mol. The van der Waals surface area contributed by atoms with Gasteiger partial charge in [0.2, 0.25) is 5.95 Å². The highest BCUT2D eigenvalue weighted by atomic mass is 35.5. The van der Waals surface area contributed by atoms with Crippen LogP contribution in [0.25, 0.3) is 0 Å². The molecule has 1 fully saturated rings. The van der Waals surface area contributed by atoms with Gasteiger partial charge in [-0.05, 0) is 49.4 Å². The average Bonchev–Trinajstić information content (AvgIpc) is 2.80. The maximum absolute atomic E-state index is 12.9. The Labute approximate surface area is 197 Å². The number of nitrogens with zero attached hydrogens (tertiary/aromatic N) is 3. The molecule has 2 aromatic rings. The van der Waals surface area contributed by atoms with Gasteiger partial charge in [0.15, 0.2) is 0 Å². The third kappa shape index (κ3) is 5.43. The number of nitrogens with one attached hydrogen (secondary N) is 2. The number of aromatic nitrogens is 2. The number of carbonyl (C=O) groups is 1. The highest BCUT2D eigenvalue weighted by Gasteiger charge is 2.26. The van der Waals surface area contributed by atoms with Crippen LogP contribution in [-0.4, -0.2) is 57.9 Å². The van der Waals surface area contributed by atoms with Crippen LogP contribution < -0.4 is 10.6 Å². The Morgan fingerprint density at radius 2 is 2.22 bits per heavy atom. The first-order valence-electron chi connectivity index (χ1n) is 10.8. The highest BCUT2D eigenvalue weighted by Crippen LogP contribution is 2.26. The van der Waals surface area contributed by atoms with Crippen LogP contribution >= 0.6 is 23.2 Å². The van der Waals surface area contributed by atoms with Crippen LogP contribution in [0.15, 0.2) is 24.4 Å². The molecule has 0 radical (unpaired) electrons. The van der Waals surface area contributed by atoms with E-state index in [2.05, 4.69) is 20.6 Å². The SMILES string of the molecule is C[C@@H](NC(=O)N1CCc2cnc(N[C@H]3CCO[C@H](CO)C3)nc2C1)c1ccc(Cl)c(Cl)c1. The number of urea groups is 1. The molecule has 2 aliphatic rings. The second kappa shape index (κ2) is 10.2. The Bertz CT molecular complexity index is 977. The van der Waals surface area contributed by atoms with E-state index < -0.39 is 0 Å². The Hall–Kier alpha value is -2.13. The predicted molar refractivity (Wildman–Crippen MR) is 123 cm³/mol. The monoisotopic (exact) mass is 479 g/mol. The molecule has 0 unspecified atom stereocenters. The van der Waals surface area contributed by atoms with E-state index in [0.29, 0.717) is 48.5 Å². The van der Waals surface area contributed by atoms with Gasteiger partial charge in [-0.1, -0.05) is 29.3 Å². The van der Waals surface area contributed by atoms with Gasteiger partial charge in [0.05, 0.1) is 41.0 Å². The van der Waals surface area contributed by atoms with Gasteiger partial charge in [0, 0.05) is 25.4 Å². The van der Waals surface area contributed by atoms with Gasteiger partial charge in [-0.15, -0.1) is 0 Å². The van der Waals surface area contributed by atoms with Gasteiger partial charge < -0.3 is 25.4 Å². The molecule has 2 amide bonds. The van der Waals surface area contributed by atoms with E-state index in [0.717, 1.165) is 23.2 Å². The molecule has 172 valence electrons. The number of ether oxygens (including phenoxy) is 1. The van der Waals surface area contributed by atoms with Crippen LogP contribution in [0.4, 0.5) is 10.7 Å². The summed E-state index contributed by atoms with van der Waals surface area (Å²) in [5.41, 5.74) is 2.78. The number of anilines is 1. The van der Waals surface area contributed by atoms with Crippen LogP contribution in [0, 0.1) is 0 Å². The maximum Gasteiger partial charge on any atom is 0.318 e. The van der Waals surface area contributed by atoms with Crippen molar-refractivity contribution in [3.8, 4) is 0 Å². The zero-order chi connectivity index (χ0) is 22.7. The lowest BCUT2D eigenvalue weighted by Gasteiger charge is -2.31. The first-order valence-corrected chi connectivity index (χ1v) is 11.5. The molecule has 2 aliphatic heterocycles. The first-order chi connectivity index (χ1) is 15.4. The van der Waals surface area contributed by atoms with Gasteiger partial charge in [-0.3, -0.25) is 0 Å². The molecule has 0 saturated carbocycles. The lowest BCUT2D eigenvalue weighted by atomic mass is 10.0. The van der Waals surface area contributed by atoms with Crippen molar-refractivity contribution in [2.45, 2.75) is 50.9 Å². The van der Waals surface area contributed by atoms with Crippen molar-refractivity contribution in [1.29, 1.82) is 0 Å². The summed E-state index contributed by atoms with van der Waals surface area (Å²) in [4.78, 5) is 23.7. The van der Waals surface area contributed by atoms with Crippen LogP contribution in [0.1, 0.15) is 42.6 Å².